The summed E-state index contributed by atoms with van der Waals surface area (Å²) < 4.78 is 0. The van der Waals surface area contributed by atoms with Gasteiger partial charge in [-0.05, 0) is 25.5 Å². The maximum Gasteiger partial charge on any atom is 0.0396 e. The minimum absolute atomic E-state index is 0.680. The third-order valence-corrected chi connectivity index (χ3v) is 1.91. The van der Waals surface area contributed by atoms with Crippen LogP contribution in [0.1, 0.15) is 19.3 Å². The van der Waals surface area contributed by atoms with Gasteiger partial charge in [-0.1, -0.05) is 17.7 Å². The fraction of sp³-hybridized carbons (Fsp3) is 0.556. The lowest BCUT2D eigenvalue weighted by Crippen LogP contribution is -2.09. The average molecular weight is 172 g/mol. The molecule has 0 radical (unpaired) electrons. The van der Waals surface area contributed by atoms with Crippen LogP contribution in [0.4, 0.5) is 0 Å². The third-order valence-electron chi connectivity index (χ3n) is 1.72. The van der Waals surface area contributed by atoms with E-state index < -0.39 is 0 Å². The van der Waals surface area contributed by atoms with Gasteiger partial charge in [-0.15, -0.1) is 11.6 Å². The number of hydrogen-bond acceptors (Lipinski definition) is 1. The minimum Gasteiger partial charge on any atom is -0.390 e. The molecular weight excluding hydrogens is 158 g/mol. The first-order valence-electron chi connectivity index (χ1n) is 4.06. The fourth-order valence-electron chi connectivity index (χ4n) is 1.13. The Morgan fingerprint density at radius 2 is 2.45 bits per heavy atom. The maximum atomic E-state index is 5.51. The summed E-state index contributed by atoms with van der Waals surface area (Å²) in [6, 6.07) is 0. The van der Waals surface area contributed by atoms with Crippen molar-refractivity contribution < 1.29 is 0 Å². The molecule has 0 amide bonds. The van der Waals surface area contributed by atoms with Gasteiger partial charge in [-0.2, -0.15) is 0 Å². The second kappa shape index (κ2) is 5.25. The van der Waals surface area contributed by atoms with Crippen LogP contribution in [-0.2, 0) is 0 Å². The highest BCUT2D eigenvalue weighted by Gasteiger charge is 1.97. The third kappa shape index (κ3) is 3.47. The quantitative estimate of drug-likeness (QED) is 0.391. The first kappa shape index (κ1) is 8.66. The zero-order valence-corrected chi connectivity index (χ0v) is 7.40. The summed E-state index contributed by atoms with van der Waals surface area (Å²) in [5, 5.41) is 3.18. The van der Waals surface area contributed by atoms with Crippen molar-refractivity contribution in [3.8, 4) is 0 Å². The predicted molar refractivity (Wildman–Crippen MR) is 49.8 cm³/mol. The molecule has 0 saturated heterocycles. The van der Waals surface area contributed by atoms with E-state index in [1.54, 1.807) is 0 Å². The second-order valence-electron chi connectivity index (χ2n) is 2.66. The van der Waals surface area contributed by atoms with Crippen molar-refractivity contribution in [2.45, 2.75) is 19.3 Å². The zero-order chi connectivity index (χ0) is 7.94. The van der Waals surface area contributed by atoms with Gasteiger partial charge in [0.05, 0.1) is 0 Å². The molecule has 0 aliphatic heterocycles. The molecular formula is C9H14ClN. The standard InChI is InChI=1S/C9H14ClN/c10-6-7-11-8-9-4-2-1-3-5-9/h1-2,8,11H,3-7H2. The first-order valence-corrected chi connectivity index (χ1v) is 4.59. The van der Waals surface area contributed by atoms with E-state index in [1.807, 2.05) is 0 Å². The summed E-state index contributed by atoms with van der Waals surface area (Å²) in [4.78, 5) is 0. The molecule has 62 valence electrons. The Morgan fingerprint density at radius 3 is 3.09 bits per heavy atom. The summed E-state index contributed by atoms with van der Waals surface area (Å²) >= 11 is 5.51. The Balaban J connectivity index is 2.22. The van der Waals surface area contributed by atoms with E-state index in [9.17, 15) is 0 Å². The summed E-state index contributed by atoms with van der Waals surface area (Å²) in [7, 11) is 0. The van der Waals surface area contributed by atoms with Crippen LogP contribution in [0.2, 0.25) is 0 Å². The van der Waals surface area contributed by atoms with Gasteiger partial charge in [0.15, 0.2) is 0 Å². The molecule has 1 rings (SSSR count). The summed E-state index contributed by atoms with van der Waals surface area (Å²) in [6.45, 7) is 0.870. The van der Waals surface area contributed by atoms with Crippen LogP contribution in [0, 0.1) is 0 Å². The van der Waals surface area contributed by atoms with Crippen LogP contribution in [-0.4, -0.2) is 12.4 Å². The topological polar surface area (TPSA) is 12.0 Å². The molecule has 0 spiro atoms. The van der Waals surface area contributed by atoms with Crippen LogP contribution in [0.25, 0.3) is 0 Å². The van der Waals surface area contributed by atoms with Gasteiger partial charge in [0, 0.05) is 12.4 Å². The lowest BCUT2D eigenvalue weighted by Gasteiger charge is -2.08. The van der Waals surface area contributed by atoms with Crippen LogP contribution < -0.4 is 5.32 Å². The van der Waals surface area contributed by atoms with Gasteiger partial charge in [0.2, 0.25) is 0 Å². The number of alkyl halides is 1. The van der Waals surface area contributed by atoms with E-state index >= 15 is 0 Å². The fourth-order valence-corrected chi connectivity index (χ4v) is 1.23. The highest BCUT2D eigenvalue weighted by Crippen LogP contribution is 2.15. The molecule has 2 heteroatoms. The van der Waals surface area contributed by atoms with Crippen LogP contribution >= 0.6 is 11.6 Å². The zero-order valence-electron chi connectivity index (χ0n) is 6.65. The molecule has 11 heavy (non-hydrogen) atoms. The molecule has 0 fully saturated rings. The van der Waals surface area contributed by atoms with Gasteiger partial charge < -0.3 is 5.32 Å². The molecule has 0 atom stereocenters. The number of hydrogen-bond donors (Lipinski definition) is 1. The van der Waals surface area contributed by atoms with Crippen molar-refractivity contribution in [2.24, 2.45) is 0 Å². The van der Waals surface area contributed by atoms with E-state index in [0.717, 1.165) is 13.0 Å². The molecule has 1 N–H and O–H groups in total. The smallest absolute Gasteiger partial charge is 0.0396 e. The molecule has 1 aliphatic rings. The van der Waals surface area contributed by atoms with Crippen molar-refractivity contribution in [3.05, 3.63) is 23.9 Å². The molecule has 0 saturated carbocycles. The van der Waals surface area contributed by atoms with E-state index in [4.69, 9.17) is 11.6 Å². The van der Waals surface area contributed by atoms with E-state index in [1.165, 1.54) is 18.4 Å². The molecule has 0 aromatic heterocycles. The van der Waals surface area contributed by atoms with E-state index in [0.29, 0.717) is 5.88 Å². The molecule has 0 aromatic rings. The van der Waals surface area contributed by atoms with Gasteiger partial charge in [-0.3, -0.25) is 0 Å². The molecule has 0 heterocycles. The summed E-state index contributed by atoms with van der Waals surface area (Å²) in [5.41, 5.74) is 1.48. The molecule has 1 aliphatic carbocycles. The monoisotopic (exact) mass is 171 g/mol. The Hall–Kier alpha value is -0.430. The van der Waals surface area contributed by atoms with Crippen molar-refractivity contribution in [3.63, 3.8) is 0 Å². The van der Waals surface area contributed by atoms with Crippen molar-refractivity contribution in [1.82, 2.24) is 5.32 Å². The number of allylic oxidation sites excluding steroid dienone is 3. The van der Waals surface area contributed by atoms with Gasteiger partial charge >= 0.3 is 0 Å². The molecule has 1 nitrogen and oxygen atoms in total. The molecule has 0 unspecified atom stereocenters. The van der Waals surface area contributed by atoms with Crippen molar-refractivity contribution >= 4 is 11.6 Å². The highest BCUT2D eigenvalue weighted by atomic mass is 35.5. The lowest BCUT2D eigenvalue weighted by molar-refractivity contribution is 0.844. The van der Waals surface area contributed by atoms with Crippen molar-refractivity contribution in [1.29, 1.82) is 0 Å². The predicted octanol–water partition coefficient (Wildman–Crippen LogP) is 2.44. The normalized spacial score (nSPS) is 20.6. The van der Waals surface area contributed by atoms with Gasteiger partial charge in [0.25, 0.3) is 0 Å². The second-order valence-corrected chi connectivity index (χ2v) is 3.04. The minimum atomic E-state index is 0.680. The highest BCUT2D eigenvalue weighted by molar-refractivity contribution is 6.18. The van der Waals surface area contributed by atoms with Gasteiger partial charge in [-0.25, -0.2) is 0 Å². The lowest BCUT2D eigenvalue weighted by atomic mass is 10.0. The largest absolute Gasteiger partial charge is 0.390 e. The van der Waals surface area contributed by atoms with Crippen LogP contribution in [0.5, 0.6) is 0 Å². The Labute approximate surface area is 73.1 Å². The Bertz CT molecular complexity index is 161. The Morgan fingerprint density at radius 1 is 1.55 bits per heavy atom. The number of halogens is 1. The van der Waals surface area contributed by atoms with Crippen molar-refractivity contribution in [2.75, 3.05) is 12.4 Å². The summed E-state index contributed by atoms with van der Waals surface area (Å²) in [5.74, 6) is 0.680. The van der Waals surface area contributed by atoms with Crippen LogP contribution in [0.15, 0.2) is 23.9 Å². The maximum absolute atomic E-state index is 5.51. The van der Waals surface area contributed by atoms with Crippen LogP contribution in [0.3, 0.4) is 0 Å². The SMILES string of the molecule is ClCCNC=C1CC=CCC1. The average Bonchev–Trinajstić information content (AvgIpc) is 2.07. The summed E-state index contributed by atoms with van der Waals surface area (Å²) in [6.07, 6.45) is 10.1. The number of rotatable bonds is 3. The number of nitrogens with one attached hydrogen (secondary N) is 1. The Kier molecular flexibility index (Phi) is 4.14. The van der Waals surface area contributed by atoms with E-state index in [-0.39, 0.29) is 0 Å². The first-order chi connectivity index (χ1) is 5.43. The molecule has 0 aromatic carbocycles. The van der Waals surface area contributed by atoms with Gasteiger partial charge in [0.1, 0.15) is 0 Å². The molecule has 0 bridgehead atoms. The van der Waals surface area contributed by atoms with E-state index in [2.05, 4.69) is 23.7 Å².